The summed E-state index contributed by atoms with van der Waals surface area (Å²) in [5.74, 6) is 6.42. The number of aryl methyl sites for hydroxylation is 1. The molecule has 1 aromatic rings. The lowest BCUT2D eigenvalue weighted by Crippen LogP contribution is -2.29. The predicted molar refractivity (Wildman–Crippen MR) is 66.7 cm³/mol. The molecule has 0 aliphatic heterocycles. The van der Waals surface area contributed by atoms with E-state index in [0.717, 1.165) is 24.5 Å². The molecular weight excluding hydrogens is 232 g/mol. The van der Waals surface area contributed by atoms with Crippen molar-refractivity contribution >= 4 is 5.91 Å². The van der Waals surface area contributed by atoms with Gasteiger partial charge in [-0.25, -0.2) is 5.84 Å². The van der Waals surface area contributed by atoms with E-state index in [9.17, 15) is 4.79 Å². The molecule has 1 heterocycles. The molecule has 1 aliphatic carbocycles. The predicted octanol–water partition coefficient (Wildman–Crippen LogP) is 1.90. The average Bonchev–Trinajstić information content (AvgIpc) is 2.67. The van der Waals surface area contributed by atoms with Crippen LogP contribution < -0.4 is 11.3 Å². The first-order chi connectivity index (χ1) is 8.70. The van der Waals surface area contributed by atoms with Crippen molar-refractivity contribution in [2.45, 2.75) is 39.2 Å². The lowest BCUT2D eigenvalue weighted by molar-refractivity contribution is 0.0923. The van der Waals surface area contributed by atoms with Crippen LogP contribution in [-0.4, -0.2) is 12.5 Å². The van der Waals surface area contributed by atoms with Crippen molar-refractivity contribution in [2.75, 3.05) is 6.61 Å². The van der Waals surface area contributed by atoms with Crippen LogP contribution in [0.4, 0.5) is 0 Å². The van der Waals surface area contributed by atoms with Crippen LogP contribution in [0.2, 0.25) is 0 Å². The van der Waals surface area contributed by atoms with Gasteiger partial charge in [0.2, 0.25) is 0 Å². The lowest BCUT2D eigenvalue weighted by Gasteiger charge is -2.24. The molecule has 100 valence electrons. The molecule has 1 saturated carbocycles. The number of ether oxygens (including phenoxy) is 1. The number of hydrogen-bond donors (Lipinski definition) is 2. The third-order valence-electron chi connectivity index (χ3n) is 3.53. The summed E-state index contributed by atoms with van der Waals surface area (Å²) in [6.07, 6.45) is 5.18. The fraction of sp³-hybridized carbons (Fsp3) is 0.615. The van der Waals surface area contributed by atoms with E-state index in [1.54, 1.807) is 6.07 Å². The van der Waals surface area contributed by atoms with Gasteiger partial charge in [-0.05, 0) is 25.3 Å². The first-order valence-corrected chi connectivity index (χ1v) is 6.38. The number of nitrogens with one attached hydrogen (secondary N) is 1. The topological polar surface area (TPSA) is 77.5 Å². The van der Waals surface area contributed by atoms with Crippen LogP contribution in [0.3, 0.4) is 0 Å². The summed E-state index contributed by atoms with van der Waals surface area (Å²) in [4.78, 5) is 11.3. The largest absolute Gasteiger partial charge is 0.456 e. The van der Waals surface area contributed by atoms with Crippen LogP contribution in [0.15, 0.2) is 10.5 Å². The monoisotopic (exact) mass is 252 g/mol. The molecule has 1 aromatic heterocycles. The Labute approximate surface area is 107 Å². The zero-order valence-electron chi connectivity index (χ0n) is 10.7. The van der Waals surface area contributed by atoms with E-state index in [1.165, 1.54) is 19.3 Å². The molecular formula is C13H20N2O3. The number of nitrogen functional groups attached to an aromatic ring is 1. The SMILES string of the molecule is Cc1oc(C(=O)NN)cc1COCCC1CCC1. The van der Waals surface area contributed by atoms with Crippen molar-refractivity contribution in [1.82, 2.24) is 5.43 Å². The third-order valence-corrected chi connectivity index (χ3v) is 3.53. The number of nitrogens with two attached hydrogens (primary N) is 1. The van der Waals surface area contributed by atoms with Gasteiger partial charge in [-0.3, -0.25) is 10.2 Å². The molecule has 3 N–H and O–H groups in total. The van der Waals surface area contributed by atoms with E-state index in [0.29, 0.717) is 12.4 Å². The molecule has 0 radical (unpaired) electrons. The summed E-state index contributed by atoms with van der Waals surface area (Å²) >= 11 is 0. The standard InChI is InChI=1S/C13H20N2O3/c1-9-11(7-12(18-9)13(16)15-14)8-17-6-5-10-3-2-4-10/h7,10H,2-6,8,14H2,1H3,(H,15,16). The molecule has 1 aliphatic rings. The highest BCUT2D eigenvalue weighted by atomic mass is 16.5. The number of furan rings is 1. The molecule has 5 nitrogen and oxygen atoms in total. The molecule has 0 unspecified atom stereocenters. The Balaban J connectivity index is 1.77. The van der Waals surface area contributed by atoms with Crippen molar-refractivity contribution in [1.29, 1.82) is 0 Å². The zero-order chi connectivity index (χ0) is 13.0. The van der Waals surface area contributed by atoms with E-state index in [4.69, 9.17) is 15.0 Å². The molecule has 2 rings (SSSR count). The van der Waals surface area contributed by atoms with Crippen LogP contribution in [0.25, 0.3) is 0 Å². The van der Waals surface area contributed by atoms with Gasteiger partial charge in [0.05, 0.1) is 6.61 Å². The minimum absolute atomic E-state index is 0.229. The maximum absolute atomic E-state index is 11.3. The highest BCUT2D eigenvalue weighted by Gasteiger charge is 2.17. The first-order valence-electron chi connectivity index (χ1n) is 6.38. The minimum atomic E-state index is -0.418. The maximum atomic E-state index is 11.3. The smallest absolute Gasteiger partial charge is 0.300 e. The number of carbonyl (C=O) groups excluding carboxylic acids is 1. The summed E-state index contributed by atoms with van der Waals surface area (Å²) in [6, 6.07) is 1.68. The Morgan fingerprint density at radius 3 is 3.00 bits per heavy atom. The molecule has 0 aromatic carbocycles. The number of amides is 1. The molecule has 0 saturated heterocycles. The van der Waals surface area contributed by atoms with Crippen molar-refractivity contribution in [3.05, 3.63) is 23.2 Å². The van der Waals surface area contributed by atoms with Gasteiger partial charge in [0.1, 0.15) is 5.76 Å². The van der Waals surface area contributed by atoms with Gasteiger partial charge in [0.15, 0.2) is 5.76 Å². The molecule has 18 heavy (non-hydrogen) atoms. The second-order valence-electron chi connectivity index (χ2n) is 4.80. The van der Waals surface area contributed by atoms with Crippen molar-refractivity contribution in [3.63, 3.8) is 0 Å². The molecule has 0 atom stereocenters. The van der Waals surface area contributed by atoms with Crippen LogP contribution in [0.1, 0.15) is 47.6 Å². The molecule has 0 spiro atoms. The average molecular weight is 252 g/mol. The zero-order valence-corrected chi connectivity index (χ0v) is 10.7. The summed E-state index contributed by atoms with van der Waals surface area (Å²) in [5, 5.41) is 0. The molecule has 1 fully saturated rings. The number of hydrazine groups is 1. The van der Waals surface area contributed by atoms with Gasteiger partial charge >= 0.3 is 5.91 Å². The molecule has 1 amide bonds. The Kier molecular flexibility index (Phi) is 4.38. The van der Waals surface area contributed by atoms with Crippen molar-refractivity contribution in [3.8, 4) is 0 Å². The van der Waals surface area contributed by atoms with Gasteiger partial charge in [0.25, 0.3) is 0 Å². The Bertz CT molecular complexity index is 410. The van der Waals surface area contributed by atoms with Crippen molar-refractivity contribution in [2.24, 2.45) is 11.8 Å². The van der Waals surface area contributed by atoms with E-state index >= 15 is 0 Å². The van der Waals surface area contributed by atoms with E-state index in [1.807, 2.05) is 12.3 Å². The fourth-order valence-corrected chi connectivity index (χ4v) is 2.06. The summed E-state index contributed by atoms with van der Waals surface area (Å²) in [5.41, 5.74) is 2.95. The molecule has 0 bridgehead atoms. The normalized spacial score (nSPS) is 15.4. The van der Waals surface area contributed by atoms with Gasteiger partial charge in [-0.2, -0.15) is 0 Å². The quantitative estimate of drug-likeness (QED) is 0.351. The van der Waals surface area contributed by atoms with Crippen LogP contribution in [-0.2, 0) is 11.3 Å². The number of hydrogen-bond acceptors (Lipinski definition) is 4. The lowest BCUT2D eigenvalue weighted by atomic mass is 9.83. The van der Waals surface area contributed by atoms with E-state index in [-0.39, 0.29) is 5.76 Å². The summed E-state index contributed by atoms with van der Waals surface area (Å²) in [7, 11) is 0. The van der Waals surface area contributed by atoms with E-state index < -0.39 is 5.91 Å². The Morgan fingerprint density at radius 2 is 2.39 bits per heavy atom. The highest BCUT2D eigenvalue weighted by molar-refractivity contribution is 5.91. The van der Waals surface area contributed by atoms with Crippen LogP contribution in [0, 0.1) is 12.8 Å². The second-order valence-corrected chi connectivity index (χ2v) is 4.80. The summed E-state index contributed by atoms with van der Waals surface area (Å²) < 4.78 is 10.9. The van der Waals surface area contributed by atoms with Gasteiger partial charge in [-0.15, -0.1) is 0 Å². The fourth-order valence-electron chi connectivity index (χ4n) is 2.06. The van der Waals surface area contributed by atoms with Crippen LogP contribution >= 0.6 is 0 Å². The van der Waals surface area contributed by atoms with Gasteiger partial charge in [-0.1, -0.05) is 19.3 Å². The van der Waals surface area contributed by atoms with Gasteiger partial charge in [0, 0.05) is 12.2 Å². The van der Waals surface area contributed by atoms with Crippen LogP contribution in [0.5, 0.6) is 0 Å². The number of carbonyl (C=O) groups is 1. The third kappa shape index (κ3) is 3.11. The Hall–Kier alpha value is -1.33. The minimum Gasteiger partial charge on any atom is -0.456 e. The second kappa shape index (κ2) is 6.02. The number of rotatable bonds is 6. The van der Waals surface area contributed by atoms with Gasteiger partial charge < -0.3 is 9.15 Å². The highest BCUT2D eigenvalue weighted by Crippen LogP contribution is 2.29. The van der Waals surface area contributed by atoms with Crippen molar-refractivity contribution < 1.29 is 13.9 Å². The Morgan fingerprint density at radius 1 is 1.61 bits per heavy atom. The summed E-state index contributed by atoms with van der Waals surface area (Å²) in [6.45, 7) is 3.07. The first kappa shape index (κ1) is 13.1. The molecule has 5 heteroatoms. The maximum Gasteiger partial charge on any atom is 0.300 e. The van der Waals surface area contributed by atoms with E-state index in [2.05, 4.69) is 0 Å².